The molecule has 2 aromatic carbocycles. The van der Waals surface area contributed by atoms with Gasteiger partial charge in [-0.15, -0.1) is 0 Å². The van der Waals surface area contributed by atoms with Gasteiger partial charge in [0.05, 0.1) is 12.0 Å². The third kappa shape index (κ3) is 3.06. The minimum absolute atomic E-state index is 0.126. The number of nitrogens with one attached hydrogen (secondary N) is 1. The Kier molecular flexibility index (Phi) is 4.20. The van der Waals surface area contributed by atoms with Crippen LogP contribution in [-0.4, -0.2) is 12.0 Å². The number of nitro groups is 1. The first-order valence-electron chi connectivity index (χ1n) is 6.22. The van der Waals surface area contributed by atoms with Crippen molar-refractivity contribution in [2.75, 3.05) is 12.4 Å². The minimum Gasteiger partial charge on any atom is -0.497 e. The SMILES string of the molecule is COc1ccc(CNc2cccc(C)c2[N+](=O)[O-])cc1. The second kappa shape index (κ2) is 6.06. The summed E-state index contributed by atoms with van der Waals surface area (Å²) in [5.41, 5.74) is 2.34. The van der Waals surface area contributed by atoms with Crippen molar-refractivity contribution >= 4 is 11.4 Å². The first-order valence-corrected chi connectivity index (χ1v) is 6.22. The second-order valence-electron chi connectivity index (χ2n) is 4.43. The molecule has 2 rings (SSSR count). The lowest BCUT2D eigenvalue weighted by atomic mass is 10.1. The van der Waals surface area contributed by atoms with E-state index < -0.39 is 0 Å². The summed E-state index contributed by atoms with van der Waals surface area (Å²) >= 11 is 0. The number of ether oxygens (including phenoxy) is 1. The predicted molar refractivity (Wildman–Crippen MR) is 78.2 cm³/mol. The summed E-state index contributed by atoms with van der Waals surface area (Å²) < 4.78 is 5.09. The van der Waals surface area contributed by atoms with Crippen molar-refractivity contribution in [3.63, 3.8) is 0 Å². The molecule has 0 spiro atoms. The number of aryl methyl sites for hydroxylation is 1. The highest BCUT2D eigenvalue weighted by molar-refractivity contribution is 5.65. The van der Waals surface area contributed by atoms with Crippen molar-refractivity contribution in [1.82, 2.24) is 0 Å². The fourth-order valence-electron chi connectivity index (χ4n) is 1.98. The molecule has 0 aromatic heterocycles. The Morgan fingerprint density at radius 3 is 2.50 bits per heavy atom. The Morgan fingerprint density at radius 2 is 1.90 bits per heavy atom. The first-order chi connectivity index (χ1) is 9.61. The molecule has 0 saturated carbocycles. The fourth-order valence-corrected chi connectivity index (χ4v) is 1.98. The van der Waals surface area contributed by atoms with Crippen molar-refractivity contribution in [1.29, 1.82) is 0 Å². The van der Waals surface area contributed by atoms with Gasteiger partial charge in [0.25, 0.3) is 5.69 Å². The van der Waals surface area contributed by atoms with Crippen LogP contribution in [0.25, 0.3) is 0 Å². The zero-order valence-electron chi connectivity index (χ0n) is 11.4. The van der Waals surface area contributed by atoms with Gasteiger partial charge in [-0.2, -0.15) is 0 Å². The molecule has 0 atom stereocenters. The number of rotatable bonds is 5. The highest BCUT2D eigenvalue weighted by atomic mass is 16.6. The Hall–Kier alpha value is -2.56. The highest BCUT2D eigenvalue weighted by Crippen LogP contribution is 2.28. The molecule has 0 amide bonds. The molecule has 2 aromatic rings. The number of para-hydroxylation sites is 1. The van der Waals surface area contributed by atoms with E-state index in [2.05, 4.69) is 5.32 Å². The van der Waals surface area contributed by atoms with Crippen molar-refractivity contribution in [2.24, 2.45) is 0 Å². The number of hydrogen-bond donors (Lipinski definition) is 1. The summed E-state index contributed by atoms with van der Waals surface area (Å²) in [6.07, 6.45) is 0. The molecule has 0 fully saturated rings. The molecule has 0 aliphatic heterocycles. The summed E-state index contributed by atoms with van der Waals surface area (Å²) in [7, 11) is 1.61. The third-order valence-electron chi connectivity index (χ3n) is 3.06. The van der Waals surface area contributed by atoms with Gasteiger partial charge in [0.1, 0.15) is 11.4 Å². The third-order valence-corrected chi connectivity index (χ3v) is 3.06. The van der Waals surface area contributed by atoms with Crippen LogP contribution in [0, 0.1) is 17.0 Å². The first kappa shape index (κ1) is 13.9. The van der Waals surface area contributed by atoms with E-state index in [0.717, 1.165) is 11.3 Å². The molecule has 0 saturated heterocycles. The van der Waals surface area contributed by atoms with Crippen LogP contribution >= 0.6 is 0 Å². The van der Waals surface area contributed by atoms with E-state index in [-0.39, 0.29) is 10.6 Å². The number of nitrogens with zero attached hydrogens (tertiary/aromatic N) is 1. The van der Waals surface area contributed by atoms with Crippen LogP contribution in [-0.2, 0) is 6.54 Å². The van der Waals surface area contributed by atoms with E-state index in [4.69, 9.17) is 4.74 Å². The van der Waals surface area contributed by atoms with Crippen LogP contribution in [0.15, 0.2) is 42.5 Å². The molecule has 104 valence electrons. The van der Waals surface area contributed by atoms with E-state index in [9.17, 15) is 10.1 Å². The average Bonchev–Trinajstić information content (AvgIpc) is 2.45. The van der Waals surface area contributed by atoms with Crippen LogP contribution in [0.3, 0.4) is 0 Å². The molecule has 0 bridgehead atoms. The van der Waals surface area contributed by atoms with Crippen molar-refractivity contribution in [3.8, 4) is 5.75 Å². The molecule has 5 heteroatoms. The molecule has 1 N–H and O–H groups in total. The smallest absolute Gasteiger partial charge is 0.295 e. The van der Waals surface area contributed by atoms with E-state index in [1.54, 1.807) is 32.2 Å². The maximum absolute atomic E-state index is 11.1. The lowest BCUT2D eigenvalue weighted by Gasteiger charge is -2.09. The molecule has 0 radical (unpaired) electrons. The van der Waals surface area contributed by atoms with Crippen molar-refractivity contribution < 1.29 is 9.66 Å². The molecular formula is C15H16N2O3. The fraction of sp³-hybridized carbons (Fsp3) is 0.200. The van der Waals surface area contributed by atoms with Crippen molar-refractivity contribution in [2.45, 2.75) is 13.5 Å². The van der Waals surface area contributed by atoms with Gasteiger partial charge in [0.2, 0.25) is 0 Å². The normalized spacial score (nSPS) is 10.1. The van der Waals surface area contributed by atoms with Crippen LogP contribution < -0.4 is 10.1 Å². The maximum Gasteiger partial charge on any atom is 0.295 e. The van der Waals surface area contributed by atoms with Crippen molar-refractivity contribution in [3.05, 3.63) is 63.7 Å². The topological polar surface area (TPSA) is 64.4 Å². The maximum atomic E-state index is 11.1. The largest absolute Gasteiger partial charge is 0.497 e. The van der Waals surface area contributed by atoms with Gasteiger partial charge in [0.15, 0.2) is 0 Å². The van der Waals surface area contributed by atoms with Gasteiger partial charge >= 0.3 is 0 Å². The van der Waals surface area contributed by atoms with E-state index in [1.165, 1.54) is 0 Å². The summed E-state index contributed by atoms with van der Waals surface area (Å²) in [6, 6.07) is 12.8. The molecular weight excluding hydrogens is 256 g/mol. The number of benzene rings is 2. The van der Waals surface area contributed by atoms with Gasteiger partial charge in [-0.05, 0) is 30.7 Å². The number of anilines is 1. The van der Waals surface area contributed by atoms with Gasteiger partial charge < -0.3 is 10.1 Å². The van der Waals surface area contributed by atoms with Gasteiger partial charge in [-0.1, -0.05) is 24.3 Å². The summed E-state index contributed by atoms with van der Waals surface area (Å²) in [4.78, 5) is 10.7. The monoisotopic (exact) mass is 272 g/mol. The van der Waals surface area contributed by atoms with Crippen LogP contribution in [0.4, 0.5) is 11.4 Å². The Morgan fingerprint density at radius 1 is 1.20 bits per heavy atom. The van der Waals surface area contributed by atoms with E-state index >= 15 is 0 Å². The second-order valence-corrected chi connectivity index (χ2v) is 4.43. The van der Waals surface area contributed by atoms with Crippen LogP contribution in [0.5, 0.6) is 5.75 Å². The quantitative estimate of drug-likeness (QED) is 0.668. The minimum atomic E-state index is -0.355. The summed E-state index contributed by atoms with van der Waals surface area (Å²) in [5, 5.41) is 14.2. The molecule has 0 unspecified atom stereocenters. The zero-order chi connectivity index (χ0) is 14.5. The lowest BCUT2D eigenvalue weighted by molar-refractivity contribution is -0.384. The van der Waals surface area contributed by atoms with Gasteiger partial charge in [0, 0.05) is 12.1 Å². The molecule has 0 aliphatic rings. The van der Waals surface area contributed by atoms with Gasteiger partial charge in [-0.3, -0.25) is 10.1 Å². The predicted octanol–water partition coefficient (Wildman–Crippen LogP) is 3.52. The number of methoxy groups -OCH3 is 1. The lowest BCUT2D eigenvalue weighted by Crippen LogP contribution is -2.03. The molecule has 0 aliphatic carbocycles. The van der Waals surface area contributed by atoms with Gasteiger partial charge in [-0.25, -0.2) is 0 Å². The van der Waals surface area contributed by atoms with Crippen LogP contribution in [0.2, 0.25) is 0 Å². The number of nitro benzene ring substituents is 1. The Bertz CT molecular complexity index is 609. The molecule has 0 heterocycles. The standard InChI is InChI=1S/C15H16N2O3/c1-11-4-3-5-14(15(11)17(18)19)16-10-12-6-8-13(20-2)9-7-12/h3-9,16H,10H2,1-2H3. The summed E-state index contributed by atoms with van der Waals surface area (Å²) in [6.45, 7) is 2.25. The zero-order valence-corrected chi connectivity index (χ0v) is 11.4. The molecule has 20 heavy (non-hydrogen) atoms. The average molecular weight is 272 g/mol. The molecule has 5 nitrogen and oxygen atoms in total. The Balaban J connectivity index is 2.14. The Labute approximate surface area is 117 Å². The van der Waals surface area contributed by atoms with E-state index in [0.29, 0.717) is 17.8 Å². The number of hydrogen-bond acceptors (Lipinski definition) is 4. The van der Waals surface area contributed by atoms with Crippen LogP contribution in [0.1, 0.15) is 11.1 Å². The summed E-state index contributed by atoms with van der Waals surface area (Å²) in [5.74, 6) is 0.787. The van der Waals surface area contributed by atoms with E-state index in [1.807, 2.05) is 24.3 Å². The highest BCUT2D eigenvalue weighted by Gasteiger charge is 2.16.